The zero-order valence-corrected chi connectivity index (χ0v) is 8.50. The molecule has 16 heavy (non-hydrogen) atoms. The summed E-state index contributed by atoms with van der Waals surface area (Å²) in [6.45, 7) is 3.57. The third-order valence-corrected chi connectivity index (χ3v) is 2.25. The first-order valence-electron chi connectivity index (χ1n) is 4.79. The van der Waals surface area contributed by atoms with Crippen LogP contribution < -0.4 is 5.56 Å². The van der Waals surface area contributed by atoms with Crippen LogP contribution in [-0.4, -0.2) is 5.16 Å². The molecule has 0 aliphatic heterocycles. The normalized spacial score (nSPS) is 10.3. The van der Waals surface area contributed by atoms with E-state index in [9.17, 15) is 9.18 Å². The van der Waals surface area contributed by atoms with Crippen molar-refractivity contribution in [2.45, 2.75) is 6.42 Å². The second-order valence-electron chi connectivity index (χ2n) is 3.34. The van der Waals surface area contributed by atoms with Crippen LogP contribution in [0.1, 0.15) is 5.56 Å². The Labute approximate surface area is 91.2 Å². The number of hydrogen-bond donors (Lipinski definition) is 1. The number of aromatic amines is 1. The van der Waals surface area contributed by atoms with Crippen LogP contribution >= 0.6 is 0 Å². The molecule has 0 amide bonds. The number of benzene rings is 1. The van der Waals surface area contributed by atoms with E-state index < -0.39 is 0 Å². The maximum Gasteiger partial charge on any atom is 0.284 e. The molecule has 4 heteroatoms. The van der Waals surface area contributed by atoms with Gasteiger partial charge in [-0.25, -0.2) is 4.39 Å². The Morgan fingerprint density at radius 2 is 2.06 bits per heavy atom. The molecule has 0 unspecified atom stereocenters. The monoisotopic (exact) mass is 219 g/mol. The van der Waals surface area contributed by atoms with Crippen molar-refractivity contribution < 1.29 is 8.91 Å². The third-order valence-electron chi connectivity index (χ3n) is 2.25. The molecule has 3 nitrogen and oxygen atoms in total. The number of rotatable bonds is 3. The lowest BCUT2D eigenvalue weighted by atomic mass is 10.1. The Bertz CT molecular complexity index is 551. The summed E-state index contributed by atoms with van der Waals surface area (Å²) < 4.78 is 17.8. The molecule has 1 N–H and O–H groups in total. The minimum absolute atomic E-state index is 0.278. The van der Waals surface area contributed by atoms with Gasteiger partial charge in [-0.1, -0.05) is 6.08 Å². The van der Waals surface area contributed by atoms with Gasteiger partial charge in [-0.3, -0.25) is 4.79 Å². The van der Waals surface area contributed by atoms with Gasteiger partial charge in [0.25, 0.3) is 5.56 Å². The second kappa shape index (κ2) is 4.18. The molecular weight excluding hydrogens is 209 g/mol. The lowest BCUT2D eigenvalue weighted by molar-refractivity contribution is 0.425. The zero-order valence-electron chi connectivity index (χ0n) is 8.50. The van der Waals surface area contributed by atoms with E-state index in [4.69, 9.17) is 4.52 Å². The van der Waals surface area contributed by atoms with Crippen molar-refractivity contribution in [1.29, 1.82) is 0 Å². The molecular formula is C12H10FNO2. The first-order valence-corrected chi connectivity index (χ1v) is 4.79. The van der Waals surface area contributed by atoms with Gasteiger partial charge < -0.3 is 4.52 Å². The molecule has 0 saturated heterocycles. The molecule has 1 heterocycles. The summed E-state index contributed by atoms with van der Waals surface area (Å²) in [4.78, 5) is 11.4. The van der Waals surface area contributed by atoms with E-state index >= 15 is 0 Å². The number of nitrogens with one attached hydrogen (secondary N) is 1. The van der Waals surface area contributed by atoms with Crippen molar-refractivity contribution in [3.05, 3.63) is 58.7 Å². The third kappa shape index (κ3) is 1.82. The SMILES string of the molecule is C=CCc1c(-c2ccc(F)cc2)o[nH]c1=O. The molecule has 82 valence electrons. The average molecular weight is 219 g/mol. The Hall–Kier alpha value is -2.10. The number of aromatic nitrogens is 1. The van der Waals surface area contributed by atoms with Gasteiger partial charge in [0.1, 0.15) is 5.82 Å². The first kappa shape index (κ1) is 10.4. The van der Waals surface area contributed by atoms with Gasteiger partial charge >= 0.3 is 0 Å². The fourth-order valence-corrected chi connectivity index (χ4v) is 1.49. The summed E-state index contributed by atoms with van der Waals surface area (Å²) >= 11 is 0. The highest BCUT2D eigenvalue weighted by Crippen LogP contribution is 2.21. The fourth-order valence-electron chi connectivity index (χ4n) is 1.49. The maximum absolute atomic E-state index is 12.7. The number of halogens is 1. The average Bonchev–Trinajstić information content (AvgIpc) is 2.63. The van der Waals surface area contributed by atoms with Crippen LogP contribution in [0.3, 0.4) is 0 Å². The summed E-state index contributed by atoms with van der Waals surface area (Å²) in [6, 6.07) is 5.77. The molecule has 0 aliphatic carbocycles. The fraction of sp³-hybridized carbons (Fsp3) is 0.0833. The lowest BCUT2D eigenvalue weighted by Gasteiger charge is -1.97. The first-order chi connectivity index (χ1) is 7.72. The minimum atomic E-state index is -0.327. The summed E-state index contributed by atoms with van der Waals surface area (Å²) in [5.41, 5.74) is 0.887. The second-order valence-corrected chi connectivity index (χ2v) is 3.34. The molecule has 1 aromatic carbocycles. The summed E-state index contributed by atoms with van der Waals surface area (Å²) in [7, 11) is 0. The molecule has 2 aromatic rings. The molecule has 0 saturated carbocycles. The Balaban J connectivity index is 2.51. The van der Waals surface area contributed by atoms with Crippen LogP contribution in [-0.2, 0) is 6.42 Å². The van der Waals surface area contributed by atoms with E-state index in [0.29, 0.717) is 23.3 Å². The summed E-state index contributed by atoms with van der Waals surface area (Å²) in [5, 5.41) is 2.26. The highest BCUT2D eigenvalue weighted by Gasteiger charge is 2.12. The smallest absolute Gasteiger partial charge is 0.284 e. The Morgan fingerprint density at radius 1 is 1.38 bits per heavy atom. The van der Waals surface area contributed by atoms with E-state index in [0.717, 1.165) is 0 Å². The van der Waals surface area contributed by atoms with E-state index in [1.165, 1.54) is 12.1 Å². The highest BCUT2D eigenvalue weighted by molar-refractivity contribution is 5.60. The van der Waals surface area contributed by atoms with Crippen LogP contribution in [0, 0.1) is 5.82 Å². The van der Waals surface area contributed by atoms with Crippen molar-refractivity contribution in [2.75, 3.05) is 0 Å². The minimum Gasteiger partial charge on any atom is -0.378 e. The molecule has 0 fully saturated rings. The van der Waals surface area contributed by atoms with E-state index in [2.05, 4.69) is 11.7 Å². The largest absolute Gasteiger partial charge is 0.378 e. The Morgan fingerprint density at radius 3 is 2.69 bits per heavy atom. The van der Waals surface area contributed by atoms with Gasteiger partial charge in [0.15, 0.2) is 5.76 Å². The van der Waals surface area contributed by atoms with Gasteiger partial charge in [0.05, 0.1) is 5.56 Å². The van der Waals surface area contributed by atoms with Crippen LogP contribution in [0.2, 0.25) is 0 Å². The van der Waals surface area contributed by atoms with Gasteiger partial charge in [0, 0.05) is 5.56 Å². The molecule has 2 rings (SSSR count). The van der Waals surface area contributed by atoms with E-state index in [1.54, 1.807) is 18.2 Å². The van der Waals surface area contributed by atoms with E-state index in [-0.39, 0.29) is 11.4 Å². The zero-order chi connectivity index (χ0) is 11.5. The van der Waals surface area contributed by atoms with Gasteiger partial charge in [0.2, 0.25) is 0 Å². The van der Waals surface area contributed by atoms with Crippen LogP contribution in [0.5, 0.6) is 0 Å². The maximum atomic E-state index is 12.7. The molecule has 0 radical (unpaired) electrons. The molecule has 1 aromatic heterocycles. The summed E-state index contributed by atoms with van der Waals surface area (Å²) in [5.74, 6) is 0.108. The van der Waals surface area contributed by atoms with Gasteiger partial charge in [-0.15, -0.1) is 6.58 Å². The van der Waals surface area contributed by atoms with E-state index in [1.807, 2.05) is 0 Å². The van der Waals surface area contributed by atoms with Crippen molar-refractivity contribution in [3.63, 3.8) is 0 Å². The quantitative estimate of drug-likeness (QED) is 0.806. The van der Waals surface area contributed by atoms with Crippen LogP contribution in [0.4, 0.5) is 4.39 Å². The standard InChI is InChI=1S/C12H10FNO2/c1-2-3-10-11(16-14-12(10)15)8-4-6-9(13)7-5-8/h2,4-7H,1,3H2,(H,14,15). The van der Waals surface area contributed by atoms with Gasteiger partial charge in [-0.2, -0.15) is 5.16 Å². The molecule has 0 atom stereocenters. The highest BCUT2D eigenvalue weighted by atomic mass is 19.1. The number of H-pyrrole nitrogens is 1. The predicted molar refractivity (Wildman–Crippen MR) is 58.6 cm³/mol. The number of hydrogen-bond acceptors (Lipinski definition) is 2. The van der Waals surface area contributed by atoms with Crippen molar-refractivity contribution >= 4 is 0 Å². The van der Waals surface area contributed by atoms with Crippen LogP contribution in [0.25, 0.3) is 11.3 Å². The predicted octanol–water partition coefficient (Wildman–Crippen LogP) is 2.50. The number of allylic oxidation sites excluding steroid dienone is 1. The lowest BCUT2D eigenvalue weighted by Crippen LogP contribution is -2.04. The van der Waals surface area contributed by atoms with Crippen molar-refractivity contribution in [1.82, 2.24) is 5.16 Å². The molecule has 0 bridgehead atoms. The topological polar surface area (TPSA) is 46.0 Å². The van der Waals surface area contributed by atoms with Crippen molar-refractivity contribution in [3.8, 4) is 11.3 Å². The molecule has 0 aliphatic rings. The summed E-state index contributed by atoms with van der Waals surface area (Å²) in [6.07, 6.45) is 2.03. The van der Waals surface area contributed by atoms with Gasteiger partial charge in [-0.05, 0) is 30.7 Å². The van der Waals surface area contributed by atoms with Crippen molar-refractivity contribution in [2.24, 2.45) is 0 Å². The molecule has 0 spiro atoms. The Kier molecular flexibility index (Phi) is 2.72. The van der Waals surface area contributed by atoms with Crippen LogP contribution in [0.15, 0.2) is 46.2 Å².